The molecule has 4 nitrogen and oxygen atoms in total. The highest BCUT2D eigenvalue weighted by Crippen LogP contribution is 2.46. The Labute approximate surface area is 179 Å². The van der Waals surface area contributed by atoms with Crippen LogP contribution in [0.3, 0.4) is 0 Å². The van der Waals surface area contributed by atoms with E-state index >= 15 is 0 Å². The molecule has 29 heavy (non-hydrogen) atoms. The van der Waals surface area contributed by atoms with Crippen LogP contribution in [-0.2, 0) is 4.74 Å². The van der Waals surface area contributed by atoms with Gasteiger partial charge in [-0.3, -0.25) is 0 Å². The van der Waals surface area contributed by atoms with Crippen molar-refractivity contribution in [3.8, 4) is 12.3 Å². The number of aryl methyl sites for hydroxylation is 1. The molecule has 4 rings (SSSR count). The Balaban J connectivity index is 1.39. The number of benzene rings is 1. The quantitative estimate of drug-likeness (QED) is 0.414. The zero-order valence-electron chi connectivity index (χ0n) is 16.7. The van der Waals surface area contributed by atoms with Crippen LogP contribution in [0.4, 0.5) is 11.5 Å². The number of terminal acetylenes is 1. The van der Waals surface area contributed by atoms with Crippen molar-refractivity contribution in [3.63, 3.8) is 0 Å². The number of ether oxygens (including phenoxy) is 1. The SMILES string of the molecule is C#Cc1ccc(C)c(SC(=C)Nc2cc(N3CCC4(CC3)OCCP4)ccn2)c1. The van der Waals surface area contributed by atoms with Crippen molar-refractivity contribution >= 4 is 31.8 Å². The summed E-state index contributed by atoms with van der Waals surface area (Å²) in [6.07, 6.45) is 10.8. The first-order valence-corrected chi connectivity index (χ1v) is 11.9. The zero-order valence-corrected chi connectivity index (χ0v) is 18.5. The first-order chi connectivity index (χ1) is 14.1. The van der Waals surface area contributed by atoms with E-state index in [2.05, 4.69) is 46.8 Å². The van der Waals surface area contributed by atoms with Gasteiger partial charge in [-0.2, -0.15) is 0 Å². The summed E-state index contributed by atoms with van der Waals surface area (Å²) in [6, 6.07) is 10.2. The van der Waals surface area contributed by atoms with Gasteiger partial charge in [0.15, 0.2) is 0 Å². The molecule has 150 valence electrons. The number of thioether (sulfide) groups is 1. The topological polar surface area (TPSA) is 37.4 Å². The molecule has 2 aromatic rings. The maximum absolute atomic E-state index is 6.06. The standard InChI is InChI=1S/C23H26N3OPS/c1-4-19-6-5-17(2)21(15-19)29-18(3)25-22-16-20(7-10-24-22)26-11-8-23(9-12-26)27-13-14-28-23/h1,5-7,10,15-16,28H,3,8-9,11-14H2,2H3,(H,24,25). The minimum Gasteiger partial charge on any atom is -0.371 e. The van der Waals surface area contributed by atoms with Gasteiger partial charge >= 0.3 is 0 Å². The van der Waals surface area contributed by atoms with E-state index in [1.54, 1.807) is 11.8 Å². The lowest BCUT2D eigenvalue weighted by Crippen LogP contribution is -2.41. The van der Waals surface area contributed by atoms with Crippen LogP contribution >= 0.6 is 20.3 Å². The lowest BCUT2D eigenvalue weighted by molar-refractivity contribution is 0.0317. The molecule has 0 aliphatic carbocycles. The van der Waals surface area contributed by atoms with Crippen molar-refractivity contribution in [1.82, 2.24) is 4.98 Å². The summed E-state index contributed by atoms with van der Waals surface area (Å²) >= 11 is 1.58. The summed E-state index contributed by atoms with van der Waals surface area (Å²) in [4.78, 5) is 8.01. The highest BCUT2D eigenvalue weighted by molar-refractivity contribution is 8.03. The van der Waals surface area contributed by atoms with Gasteiger partial charge in [0.25, 0.3) is 0 Å². The monoisotopic (exact) mass is 423 g/mol. The molecule has 2 aliphatic rings. The molecule has 0 radical (unpaired) electrons. The number of piperidine rings is 1. The molecule has 1 N–H and O–H groups in total. The Morgan fingerprint density at radius 2 is 2.17 bits per heavy atom. The number of pyridine rings is 1. The highest BCUT2D eigenvalue weighted by atomic mass is 32.2. The number of rotatable bonds is 5. The summed E-state index contributed by atoms with van der Waals surface area (Å²) in [5.74, 6) is 3.50. The maximum atomic E-state index is 6.06. The van der Waals surface area contributed by atoms with E-state index in [-0.39, 0.29) is 5.34 Å². The summed E-state index contributed by atoms with van der Waals surface area (Å²) < 4.78 is 6.06. The first kappa shape index (κ1) is 20.3. The van der Waals surface area contributed by atoms with E-state index in [1.807, 2.05) is 24.4 Å². The Kier molecular flexibility index (Phi) is 6.15. The Morgan fingerprint density at radius 3 is 2.90 bits per heavy atom. The fourth-order valence-electron chi connectivity index (χ4n) is 3.81. The maximum Gasteiger partial charge on any atom is 0.132 e. The minimum atomic E-state index is 0.167. The van der Waals surface area contributed by atoms with E-state index in [0.717, 1.165) is 62.4 Å². The second-order valence-electron chi connectivity index (χ2n) is 7.43. The summed E-state index contributed by atoms with van der Waals surface area (Å²) in [5, 5.41) is 4.33. The van der Waals surface area contributed by atoms with E-state index in [1.165, 1.54) is 17.4 Å². The van der Waals surface area contributed by atoms with E-state index in [9.17, 15) is 0 Å². The van der Waals surface area contributed by atoms with Gasteiger partial charge in [0.2, 0.25) is 0 Å². The summed E-state index contributed by atoms with van der Waals surface area (Å²) in [6.45, 7) is 9.24. The number of hydrogen-bond acceptors (Lipinski definition) is 5. The predicted molar refractivity (Wildman–Crippen MR) is 125 cm³/mol. The van der Waals surface area contributed by atoms with Gasteiger partial charge in [0, 0.05) is 41.5 Å². The molecule has 0 bridgehead atoms. The van der Waals surface area contributed by atoms with Gasteiger partial charge in [-0.15, -0.1) is 6.42 Å². The minimum absolute atomic E-state index is 0.167. The molecule has 1 atom stereocenters. The molecule has 1 unspecified atom stereocenters. The van der Waals surface area contributed by atoms with Gasteiger partial charge in [-0.25, -0.2) is 4.98 Å². The normalized spacial score (nSPS) is 18.7. The van der Waals surface area contributed by atoms with Crippen LogP contribution in [-0.4, -0.2) is 36.2 Å². The number of nitrogens with zero attached hydrogens (tertiary/aromatic N) is 2. The fraction of sp³-hybridized carbons (Fsp3) is 0.348. The number of anilines is 2. The molecule has 1 aromatic carbocycles. The highest BCUT2D eigenvalue weighted by Gasteiger charge is 2.38. The predicted octanol–water partition coefficient (Wildman–Crippen LogP) is 5.05. The van der Waals surface area contributed by atoms with Gasteiger partial charge in [-0.1, -0.05) is 38.9 Å². The second kappa shape index (κ2) is 8.79. The molecule has 0 amide bonds. The molecular formula is C23H26N3OPS. The smallest absolute Gasteiger partial charge is 0.132 e. The number of hydrogen-bond donors (Lipinski definition) is 1. The van der Waals surface area contributed by atoms with Crippen LogP contribution in [0.25, 0.3) is 0 Å². The van der Waals surface area contributed by atoms with Crippen LogP contribution in [0.15, 0.2) is 53.0 Å². The Morgan fingerprint density at radius 1 is 1.34 bits per heavy atom. The third-order valence-corrected chi connectivity index (χ3v) is 8.21. The third kappa shape index (κ3) is 4.78. The molecule has 2 saturated heterocycles. The fourth-order valence-corrected chi connectivity index (χ4v) is 6.09. The molecular weight excluding hydrogens is 397 g/mol. The van der Waals surface area contributed by atoms with E-state index < -0.39 is 0 Å². The molecule has 1 spiro atoms. The van der Waals surface area contributed by atoms with Crippen molar-refractivity contribution in [2.75, 3.05) is 36.1 Å². The van der Waals surface area contributed by atoms with Gasteiger partial charge in [0.1, 0.15) is 5.82 Å². The first-order valence-electron chi connectivity index (χ1n) is 9.88. The summed E-state index contributed by atoms with van der Waals surface area (Å²) in [7, 11) is 0.953. The van der Waals surface area contributed by atoms with Crippen molar-refractivity contribution in [3.05, 3.63) is 59.3 Å². The average Bonchev–Trinajstić information content (AvgIpc) is 3.18. The van der Waals surface area contributed by atoms with Crippen LogP contribution in [0, 0.1) is 19.3 Å². The van der Waals surface area contributed by atoms with Crippen LogP contribution < -0.4 is 10.2 Å². The van der Waals surface area contributed by atoms with Crippen LogP contribution in [0.5, 0.6) is 0 Å². The number of nitrogens with one attached hydrogen (secondary N) is 1. The van der Waals surface area contributed by atoms with Gasteiger partial charge in [0.05, 0.1) is 17.0 Å². The Bertz CT molecular complexity index is 939. The molecule has 2 aliphatic heterocycles. The molecule has 3 heterocycles. The zero-order chi connectivity index (χ0) is 20.3. The van der Waals surface area contributed by atoms with Crippen molar-refractivity contribution in [2.45, 2.75) is 30.0 Å². The summed E-state index contributed by atoms with van der Waals surface area (Å²) in [5.41, 5.74) is 3.25. The van der Waals surface area contributed by atoms with Crippen molar-refractivity contribution in [1.29, 1.82) is 0 Å². The Hall–Kier alpha value is -1.99. The third-order valence-electron chi connectivity index (χ3n) is 5.46. The second-order valence-corrected chi connectivity index (χ2v) is 10.3. The van der Waals surface area contributed by atoms with Crippen molar-refractivity contribution < 1.29 is 4.74 Å². The van der Waals surface area contributed by atoms with Crippen molar-refractivity contribution in [2.24, 2.45) is 0 Å². The largest absolute Gasteiger partial charge is 0.371 e. The molecule has 2 fully saturated rings. The lowest BCUT2D eigenvalue weighted by atomic mass is 10.1. The lowest BCUT2D eigenvalue weighted by Gasteiger charge is -2.39. The van der Waals surface area contributed by atoms with Gasteiger partial charge in [-0.05, 0) is 49.7 Å². The van der Waals surface area contributed by atoms with Crippen LogP contribution in [0.2, 0.25) is 0 Å². The molecule has 1 aromatic heterocycles. The average molecular weight is 424 g/mol. The van der Waals surface area contributed by atoms with Gasteiger partial charge < -0.3 is 15.0 Å². The van der Waals surface area contributed by atoms with E-state index in [4.69, 9.17) is 11.2 Å². The van der Waals surface area contributed by atoms with Crippen LogP contribution in [0.1, 0.15) is 24.0 Å². The van der Waals surface area contributed by atoms with E-state index in [0.29, 0.717) is 0 Å². The molecule has 6 heteroatoms. The number of aromatic nitrogens is 1. The molecule has 0 saturated carbocycles.